The lowest BCUT2D eigenvalue weighted by Crippen LogP contribution is -1.94. The molecule has 0 fully saturated rings. The fourth-order valence-corrected chi connectivity index (χ4v) is 3.67. The van der Waals surface area contributed by atoms with Gasteiger partial charge in [0.05, 0.1) is 16.4 Å². The molecule has 0 radical (unpaired) electrons. The number of hydrogen-bond donors (Lipinski definition) is 1. The fraction of sp³-hybridized carbons (Fsp3) is 0.105. The average molecular weight is 464 g/mol. The number of hydrogen-bond acceptors (Lipinski definition) is 5. The number of aromatic nitrogens is 3. The average Bonchev–Trinajstić information content (AvgIpc) is 3.18. The summed E-state index contributed by atoms with van der Waals surface area (Å²) in [6.07, 6.45) is 1.85. The standard InChI is InChI=1S/C19H15ClN4OS.BrH/c1-11-18(24-9-14(20)5-8-17(24)21-11)16-10-26-19(23-16)22-15-6-3-13(4-7-15)12(2)25;/h3-10H,1-2H3,(H,22,23);1H. The molecule has 0 saturated heterocycles. The van der Waals surface area contributed by atoms with Gasteiger partial charge >= 0.3 is 0 Å². The van der Waals surface area contributed by atoms with Crippen molar-refractivity contribution in [2.75, 3.05) is 5.32 Å². The summed E-state index contributed by atoms with van der Waals surface area (Å²) < 4.78 is 1.96. The maximum absolute atomic E-state index is 11.4. The lowest BCUT2D eigenvalue weighted by atomic mass is 10.1. The van der Waals surface area contributed by atoms with Crippen LogP contribution in [0.25, 0.3) is 17.0 Å². The molecule has 27 heavy (non-hydrogen) atoms. The van der Waals surface area contributed by atoms with E-state index in [9.17, 15) is 4.79 Å². The highest BCUT2D eigenvalue weighted by Crippen LogP contribution is 2.30. The summed E-state index contributed by atoms with van der Waals surface area (Å²) in [4.78, 5) is 20.6. The number of imidazole rings is 1. The number of Topliss-reactive ketones (excluding diaryl/α,β-unsaturated/α-hetero) is 1. The minimum Gasteiger partial charge on any atom is -0.332 e. The predicted molar refractivity (Wildman–Crippen MR) is 116 cm³/mol. The number of halogens is 2. The van der Waals surface area contributed by atoms with Crippen LogP contribution in [-0.2, 0) is 0 Å². The number of benzene rings is 1. The largest absolute Gasteiger partial charge is 0.332 e. The molecule has 3 heterocycles. The van der Waals surface area contributed by atoms with Gasteiger partial charge in [-0.2, -0.15) is 0 Å². The third-order valence-electron chi connectivity index (χ3n) is 4.05. The van der Waals surface area contributed by atoms with E-state index in [1.807, 2.05) is 47.2 Å². The Labute approximate surface area is 175 Å². The topological polar surface area (TPSA) is 59.3 Å². The van der Waals surface area contributed by atoms with E-state index in [4.69, 9.17) is 11.6 Å². The molecule has 0 bridgehead atoms. The molecule has 0 saturated carbocycles. The van der Waals surface area contributed by atoms with Crippen molar-refractivity contribution in [3.63, 3.8) is 0 Å². The molecule has 3 aromatic heterocycles. The van der Waals surface area contributed by atoms with Crippen LogP contribution in [0, 0.1) is 6.92 Å². The zero-order chi connectivity index (χ0) is 18.3. The van der Waals surface area contributed by atoms with E-state index >= 15 is 0 Å². The van der Waals surface area contributed by atoms with Crippen molar-refractivity contribution in [3.05, 3.63) is 64.3 Å². The van der Waals surface area contributed by atoms with Crippen LogP contribution in [0.4, 0.5) is 10.8 Å². The summed E-state index contributed by atoms with van der Waals surface area (Å²) in [5.74, 6) is 0.0508. The first-order valence-corrected chi connectivity index (χ1v) is 9.25. The minimum absolute atomic E-state index is 0. The van der Waals surface area contributed by atoms with Gasteiger partial charge in [0.25, 0.3) is 0 Å². The second-order valence-corrected chi connectivity index (χ2v) is 7.21. The van der Waals surface area contributed by atoms with Crippen molar-refractivity contribution in [2.24, 2.45) is 0 Å². The molecule has 1 aromatic carbocycles. The Kier molecular flexibility index (Phi) is 5.64. The van der Waals surface area contributed by atoms with Gasteiger partial charge in [-0.3, -0.25) is 9.20 Å². The Hall–Kier alpha value is -2.22. The normalized spacial score (nSPS) is 10.6. The molecule has 8 heteroatoms. The van der Waals surface area contributed by atoms with Gasteiger partial charge in [0.1, 0.15) is 11.3 Å². The highest BCUT2D eigenvalue weighted by molar-refractivity contribution is 8.93. The monoisotopic (exact) mass is 462 g/mol. The molecule has 0 aliphatic carbocycles. The number of pyridine rings is 1. The number of carbonyl (C=O) groups is 1. The number of aryl methyl sites for hydroxylation is 1. The van der Waals surface area contributed by atoms with E-state index in [1.165, 1.54) is 11.3 Å². The molecule has 0 unspecified atom stereocenters. The Balaban J connectivity index is 0.00000210. The van der Waals surface area contributed by atoms with E-state index in [0.29, 0.717) is 10.6 Å². The SMILES string of the molecule is Br.CC(=O)c1ccc(Nc2nc(-c3c(C)nc4ccc(Cl)cn34)cs2)cc1. The Morgan fingerprint density at radius 2 is 1.89 bits per heavy atom. The first kappa shape index (κ1) is 19.5. The molecule has 5 nitrogen and oxygen atoms in total. The summed E-state index contributed by atoms with van der Waals surface area (Å²) in [7, 11) is 0. The minimum atomic E-state index is 0. The van der Waals surface area contributed by atoms with Gasteiger partial charge in [0.2, 0.25) is 0 Å². The zero-order valence-electron chi connectivity index (χ0n) is 14.6. The van der Waals surface area contributed by atoms with E-state index < -0.39 is 0 Å². The molecule has 0 aliphatic rings. The maximum Gasteiger partial charge on any atom is 0.187 e. The lowest BCUT2D eigenvalue weighted by molar-refractivity contribution is 0.101. The quantitative estimate of drug-likeness (QED) is 0.380. The molecular formula is C19H16BrClN4OS. The molecular weight excluding hydrogens is 448 g/mol. The number of carbonyl (C=O) groups excluding carboxylic acids is 1. The van der Waals surface area contributed by atoms with Crippen LogP contribution in [0.15, 0.2) is 48.0 Å². The number of ketones is 1. The Bertz CT molecular complexity index is 1120. The second-order valence-electron chi connectivity index (χ2n) is 5.92. The first-order chi connectivity index (χ1) is 12.5. The van der Waals surface area contributed by atoms with Crippen LogP contribution in [0.3, 0.4) is 0 Å². The van der Waals surface area contributed by atoms with Gasteiger partial charge in [-0.25, -0.2) is 9.97 Å². The molecule has 1 N–H and O–H groups in total. The second kappa shape index (κ2) is 7.80. The van der Waals surface area contributed by atoms with E-state index in [-0.39, 0.29) is 22.8 Å². The number of rotatable bonds is 4. The van der Waals surface area contributed by atoms with Crippen LogP contribution < -0.4 is 5.32 Å². The molecule has 0 aliphatic heterocycles. The van der Waals surface area contributed by atoms with Crippen molar-refractivity contribution < 1.29 is 4.79 Å². The number of nitrogens with one attached hydrogen (secondary N) is 1. The van der Waals surface area contributed by atoms with Crippen molar-refractivity contribution in [3.8, 4) is 11.4 Å². The van der Waals surface area contributed by atoms with Crippen molar-refractivity contribution in [1.29, 1.82) is 0 Å². The summed E-state index contributed by atoms with van der Waals surface area (Å²) in [6, 6.07) is 11.1. The van der Waals surface area contributed by atoms with Crippen molar-refractivity contribution in [2.45, 2.75) is 13.8 Å². The van der Waals surface area contributed by atoms with E-state index in [0.717, 1.165) is 33.5 Å². The summed E-state index contributed by atoms with van der Waals surface area (Å²) in [5.41, 5.74) is 5.07. The van der Waals surface area contributed by atoms with Crippen LogP contribution in [0.2, 0.25) is 5.02 Å². The van der Waals surface area contributed by atoms with Gasteiger partial charge in [-0.05, 0) is 50.2 Å². The van der Waals surface area contributed by atoms with Gasteiger partial charge in [0, 0.05) is 22.8 Å². The van der Waals surface area contributed by atoms with Crippen molar-refractivity contribution in [1.82, 2.24) is 14.4 Å². The molecule has 0 spiro atoms. The van der Waals surface area contributed by atoms with Gasteiger partial charge in [-0.1, -0.05) is 11.6 Å². The van der Waals surface area contributed by atoms with E-state index in [2.05, 4.69) is 15.3 Å². The van der Waals surface area contributed by atoms with Crippen LogP contribution in [0.1, 0.15) is 23.0 Å². The van der Waals surface area contributed by atoms with Gasteiger partial charge in [-0.15, -0.1) is 28.3 Å². The smallest absolute Gasteiger partial charge is 0.187 e. The van der Waals surface area contributed by atoms with Crippen molar-refractivity contribution >= 4 is 62.2 Å². The first-order valence-electron chi connectivity index (χ1n) is 7.99. The molecule has 138 valence electrons. The number of nitrogens with zero attached hydrogens (tertiary/aromatic N) is 3. The maximum atomic E-state index is 11.4. The fourth-order valence-electron chi connectivity index (χ4n) is 2.80. The van der Waals surface area contributed by atoms with Gasteiger partial charge in [0.15, 0.2) is 10.9 Å². The lowest BCUT2D eigenvalue weighted by Gasteiger charge is -2.03. The van der Waals surface area contributed by atoms with E-state index in [1.54, 1.807) is 19.1 Å². The Morgan fingerprint density at radius 3 is 2.59 bits per heavy atom. The highest BCUT2D eigenvalue weighted by Gasteiger charge is 2.14. The number of thiazole rings is 1. The molecule has 0 atom stereocenters. The number of fused-ring (bicyclic) bond motifs is 1. The Morgan fingerprint density at radius 1 is 1.15 bits per heavy atom. The summed E-state index contributed by atoms with van der Waals surface area (Å²) in [6.45, 7) is 3.52. The van der Waals surface area contributed by atoms with Crippen LogP contribution >= 0.6 is 39.9 Å². The molecule has 0 amide bonds. The van der Waals surface area contributed by atoms with Gasteiger partial charge < -0.3 is 5.32 Å². The third kappa shape index (κ3) is 3.90. The predicted octanol–water partition coefficient (Wildman–Crippen LogP) is 5.94. The third-order valence-corrected chi connectivity index (χ3v) is 5.03. The summed E-state index contributed by atoms with van der Waals surface area (Å²) in [5, 5.41) is 6.68. The van der Waals surface area contributed by atoms with Crippen LogP contribution in [0.5, 0.6) is 0 Å². The number of anilines is 2. The van der Waals surface area contributed by atoms with Crippen LogP contribution in [-0.4, -0.2) is 20.2 Å². The highest BCUT2D eigenvalue weighted by atomic mass is 79.9. The zero-order valence-corrected chi connectivity index (χ0v) is 17.8. The summed E-state index contributed by atoms with van der Waals surface area (Å²) >= 11 is 7.64. The molecule has 4 rings (SSSR count). The molecule has 4 aromatic rings.